The van der Waals surface area contributed by atoms with E-state index in [1.54, 1.807) is 7.11 Å². The molecule has 1 N–H and O–H groups in total. The van der Waals surface area contributed by atoms with Crippen molar-refractivity contribution < 1.29 is 13.2 Å². The summed E-state index contributed by atoms with van der Waals surface area (Å²) in [7, 11) is -1.20. The molecule has 0 spiro atoms. The zero-order valence-electron chi connectivity index (χ0n) is 8.88. The number of hydrogen-bond acceptors (Lipinski definition) is 4. The van der Waals surface area contributed by atoms with Crippen LogP contribution in [-0.2, 0) is 14.6 Å². The summed E-state index contributed by atoms with van der Waals surface area (Å²) >= 11 is 0. The maximum Gasteiger partial charge on any atom is 0.147 e. The molecule has 84 valence electrons. The highest BCUT2D eigenvalue weighted by Crippen LogP contribution is 2.26. The van der Waals surface area contributed by atoms with E-state index < -0.39 is 9.84 Å². The SMILES string of the molecule is COC1(CCS(C)(=O)=O)CCNCC1. The Bertz CT molecular complexity index is 268. The van der Waals surface area contributed by atoms with E-state index >= 15 is 0 Å². The largest absolute Gasteiger partial charge is 0.378 e. The molecule has 0 unspecified atom stereocenters. The Kier molecular flexibility index (Phi) is 3.92. The highest BCUT2D eigenvalue weighted by Gasteiger charge is 2.32. The van der Waals surface area contributed by atoms with Gasteiger partial charge in [-0.1, -0.05) is 0 Å². The summed E-state index contributed by atoms with van der Waals surface area (Å²) in [6.07, 6.45) is 3.69. The van der Waals surface area contributed by atoms with Crippen molar-refractivity contribution in [2.75, 3.05) is 32.2 Å². The molecule has 4 nitrogen and oxygen atoms in total. The minimum atomic E-state index is -2.87. The molecule has 0 aromatic heterocycles. The Labute approximate surface area is 85.9 Å². The second-order valence-corrected chi connectivity index (χ2v) is 6.28. The molecular formula is C9H19NO3S. The van der Waals surface area contributed by atoms with E-state index in [2.05, 4.69) is 5.32 Å². The summed E-state index contributed by atoms with van der Waals surface area (Å²) in [5, 5.41) is 3.24. The molecule has 1 aliphatic rings. The Hall–Kier alpha value is -0.130. The molecule has 1 heterocycles. The molecule has 0 radical (unpaired) electrons. The van der Waals surface area contributed by atoms with Crippen LogP contribution in [0.2, 0.25) is 0 Å². The number of ether oxygens (including phenoxy) is 1. The Balaban J connectivity index is 2.52. The monoisotopic (exact) mass is 221 g/mol. The minimum absolute atomic E-state index is 0.214. The third-order valence-electron chi connectivity index (χ3n) is 2.88. The lowest BCUT2D eigenvalue weighted by Gasteiger charge is -2.36. The van der Waals surface area contributed by atoms with Crippen LogP contribution >= 0.6 is 0 Å². The molecule has 0 bridgehead atoms. The number of sulfone groups is 1. The van der Waals surface area contributed by atoms with Crippen LogP contribution in [0.5, 0.6) is 0 Å². The van der Waals surface area contributed by atoms with Gasteiger partial charge in [-0.25, -0.2) is 8.42 Å². The fraction of sp³-hybridized carbons (Fsp3) is 1.00. The summed E-state index contributed by atoms with van der Waals surface area (Å²) in [6, 6.07) is 0. The fourth-order valence-electron chi connectivity index (χ4n) is 1.81. The second-order valence-electron chi connectivity index (χ2n) is 4.02. The summed E-state index contributed by atoms with van der Waals surface area (Å²) in [5.41, 5.74) is -0.214. The van der Waals surface area contributed by atoms with E-state index in [1.807, 2.05) is 0 Å². The van der Waals surface area contributed by atoms with Gasteiger partial charge in [-0.05, 0) is 32.4 Å². The zero-order chi connectivity index (χ0) is 10.7. The molecule has 1 aliphatic heterocycles. The number of hydrogen-bond donors (Lipinski definition) is 1. The molecule has 1 rings (SSSR count). The Morgan fingerprint density at radius 1 is 1.36 bits per heavy atom. The summed E-state index contributed by atoms with van der Waals surface area (Å²) in [5.74, 6) is 0.223. The summed E-state index contributed by atoms with van der Waals surface area (Å²) in [6.45, 7) is 1.83. The third kappa shape index (κ3) is 3.55. The van der Waals surface area contributed by atoms with Crippen LogP contribution in [0.4, 0.5) is 0 Å². The topological polar surface area (TPSA) is 55.4 Å². The van der Waals surface area contributed by atoms with E-state index in [1.165, 1.54) is 6.26 Å². The second kappa shape index (κ2) is 4.59. The van der Waals surface area contributed by atoms with Gasteiger partial charge in [-0.3, -0.25) is 0 Å². The molecule has 0 aromatic carbocycles. The highest BCUT2D eigenvalue weighted by molar-refractivity contribution is 7.90. The number of rotatable bonds is 4. The van der Waals surface area contributed by atoms with E-state index in [0.29, 0.717) is 6.42 Å². The van der Waals surface area contributed by atoms with Crippen molar-refractivity contribution in [2.24, 2.45) is 0 Å². The van der Waals surface area contributed by atoms with Gasteiger partial charge in [0.2, 0.25) is 0 Å². The van der Waals surface area contributed by atoms with Gasteiger partial charge in [-0.15, -0.1) is 0 Å². The molecule has 5 heteroatoms. The van der Waals surface area contributed by atoms with Gasteiger partial charge in [0.25, 0.3) is 0 Å². The maximum atomic E-state index is 11.1. The van der Waals surface area contributed by atoms with Gasteiger partial charge in [0.1, 0.15) is 9.84 Å². The highest BCUT2D eigenvalue weighted by atomic mass is 32.2. The maximum absolute atomic E-state index is 11.1. The van der Waals surface area contributed by atoms with E-state index in [4.69, 9.17) is 4.74 Å². The predicted molar refractivity (Wildman–Crippen MR) is 56.2 cm³/mol. The van der Waals surface area contributed by atoms with Crippen LogP contribution < -0.4 is 5.32 Å². The first-order chi connectivity index (χ1) is 6.47. The van der Waals surface area contributed by atoms with Crippen molar-refractivity contribution in [3.8, 4) is 0 Å². The lowest BCUT2D eigenvalue weighted by molar-refractivity contribution is -0.0359. The molecule has 1 saturated heterocycles. The molecule has 0 atom stereocenters. The van der Waals surface area contributed by atoms with Crippen molar-refractivity contribution in [3.63, 3.8) is 0 Å². The first-order valence-corrected chi connectivity index (χ1v) is 6.97. The molecule has 14 heavy (non-hydrogen) atoms. The number of methoxy groups -OCH3 is 1. The van der Waals surface area contributed by atoms with Crippen LogP contribution in [0, 0.1) is 0 Å². The average molecular weight is 221 g/mol. The zero-order valence-corrected chi connectivity index (χ0v) is 9.69. The van der Waals surface area contributed by atoms with Gasteiger partial charge in [-0.2, -0.15) is 0 Å². The van der Waals surface area contributed by atoms with Gasteiger partial charge in [0.05, 0.1) is 11.4 Å². The van der Waals surface area contributed by atoms with Crippen LogP contribution in [0.15, 0.2) is 0 Å². The van der Waals surface area contributed by atoms with Gasteiger partial charge < -0.3 is 10.1 Å². The molecule has 0 aliphatic carbocycles. The first-order valence-electron chi connectivity index (χ1n) is 4.91. The standard InChI is InChI=1S/C9H19NO3S/c1-13-9(3-6-10-7-4-9)5-8-14(2,11)12/h10H,3-8H2,1-2H3. The van der Waals surface area contributed by atoms with Gasteiger partial charge >= 0.3 is 0 Å². The lowest BCUT2D eigenvalue weighted by Crippen LogP contribution is -2.44. The summed E-state index contributed by atoms with van der Waals surface area (Å²) < 4.78 is 27.6. The fourth-order valence-corrected chi connectivity index (χ4v) is 2.55. The number of piperidine rings is 1. The van der Waals surface area contributed by atoms with Crippen LogP contribution in [0.25, 0.3) is 0 Å². The van der Waals surface area contributed by atoms with Crippen molar-refractivity contribution in [1.82, 2.24) is 5.32 Å². The summed E-state index contributed by atoms with van der Waals surface area (Å²) in [4.78, 5) is 0. The van der Waals surface area contributed by atoms with Crippen molar-refractivity contribution in [1.29, 1.82) is 0 Å². The predicted octanol–water partition coefficient (Wildman–Crippen LogP) is 0.190. The van der Waals surface area contributed by atoms with Gasteiger partial charge in [0, 0.05) is 13.4 Å². The van der Waals surface area contributed by atoms with Gasteiger partial charge in [0.15, 0.2) is 0 Å². The van der Waals surface area contributed by atoms with Crippen LogP contribution in [0.3, 0.4) is 0 Å². The van der Waals surface area contributed by atoms with Crippen molar-refractivity contribution in [2.45, 2.75) is 24.9 Å². The molecule has 0 amide bonds. The minimum Gasteiger partial charge on any atom is -0.378 e. The molecule has 0 aromatic rings. The number of nitrogens with one attached hydrogen (secondary N) is 1. The average Bonchev–Trinajstić information content (AvgIpc) is 2.15. The van der Waals surface area contributed by atoms with E-state index in [-0.39, 0.29) is 11.4 Å². The molecule has 0 saturated carbocycles. The van der Waals surface area contributed by atoms with Crippen LogP contribution in [0.1, 0.15) is 19.3 Å². The Morgan fingerprint density at radius 3 is 2.36 bits per heavy atom. The Morgan fingerprint density at radius 2 is 1.93 bits per heavy atom. The third-order valence-corrected chi connectivity index (χ3v) is 3.82. The van der Waals surface area contributed by atoms with E-state index in [0.717, 1.165) is 25.9 Å². The van der Waals surface area contributed by atoms with Crippen LogP contribution in [-0.4, -0.2) is 46.2 Å². The lowest BCUT2D eigenvalue weighted by atomic mass is 9.89. The molecule has 1 fully saturated rings. The van der Waals surface area contributed by atoms with Crippen molar-refractivity contribution >= 4 is 9.84 Å². The van der Waals surface area contributed by atoms with E-state index in [9.17, 15) is 8.42 Å². The molecular weight excluding hydrogens is 202 g/mol. The normalized spacial score (nSPS) is 22.1. The van der Waals surface area contributed by atoms with Crippen molar-refractivity contribution in [3.05, 3.63) is 0 Å². The smallest absolute Gasteiger partial charge is 0.147 e. The first kappa shape index (κ1) is 11.9. The quantitative estimate of drug-likeness (QED) is 0.736.